The monoisotopic (exact) mass is 417 g/mol. The predicted octanol–water partition coefficient (Wildman–Crippen LogP) is 6.46. The lowest BCUT2D eigenvalue weighted by Crippen LogP contribution is -2.06. The van der Waals surface area contributed by atoms with Gasteiger partial charge < -0.3 is 4.74 Å². The molecular weight excluding hydrogens is 415 g/mol. The van der Waals surface area contributed by atoms with Gasteiger partial charge >= 0.3 is 5.97 Å². The van der Waals surface area contributed by atoms with Crippen molar-refractivity contribution in [3.8, 4) is 11.1 Å². The molecule has 9 heteroatoms. The topological polar surface area (TPSA) is 39.2 Å². The Morgan fingerprint density at radius 3 is 1.91 bits per heavy atom. The van der Waals surface area contributed by atoms with Crippen LogP contribution in [0.2, 0.25) is 30.1 Å². The number of nitrogens with zero attached hydrogens (tertiary/aromatic N) is 1. The molecule has 0 aliphatic carbocycles. The highest BCUT2D eigenvalue weighted by atomic mass is 35.5. The Morgan fingerprint density at radius 2 is 1.41 bits per heavy atom. The van der Waals surface area contributed by atoms with E-state index in [-0.39, 0.29) is 46.8 Å². The van der Waals surface area contributed by atoms with Crippen LogP contribution in [-0.4, -0.2) is 18.1 Å². The van der Waals surface area contributed by atoms with Crippen molar-refractivity contribution in [1.82, 2.24) is 4.98 Å². The van der Waals surface area contributed by atoms with Gasteiger partial charge in [0.05, 0.1) is 42.8 Å². The average molecular weight is 420 g/mol. The number of halogens is 6. The zero-order valence-corrected chi connectivity index (χ0v) is 15.2. The molecule has 0 aliphatic heterocycles. The molecule has 1 aromatic heterocycles. The van der Waals surface area contributed by atoms with Gasteiger partial charge in [-0.3, -0.25) is 4.98 Å². The van der Waals surface area contributed by atoms with Gasteiger partial charge in [-0.15, -0.1) is 0 Å². The molecule has 0 unspecified atom stereocenters. The number of carbonyl (C=O) groups excluding carboxylic acids is 1. The van der Waals surface area contributed by atoms with E-state index in [1.54, 1.807) is 0 Å². The first-order chi connectivity index (χ1) is 10.3. The van der Waals surface area contributed by atoms with Crippen molar-refractivity contribution in [2.45, 2.75) is 0 Å². The molecule has 3 nitrogen and oxygen atoms in total. The molecule has 22 heavy (non-hydrogen) atoms. The third kappa shape index (κ3) is 2.99. The van der Waals surface area contributed by atoms with Gasteiger partial charge in [0.1, 0.15) is 0 Å². The van der Waals surface area contributed by atoms with Gasteiger partial charge in [0, 0.05) is 23.5 Å². The van der Waals surface area contributed by atoms with E-state index in [1.807, 2.05) is 0 Å². The molecular formula is C13H5Cl6NO2. The number of ether oxygens (including phenoxy) is 1. The lowest BCUT2D eigenvalue weighted by Gasteiger charge is -2.15. The lowest BCUT2D eigenvalue weighted by atomic mass is 10.0. The predicted molar refractivity (Wildman–Crippen MR) is 91.1 cm³/mol. The standard InChI is InChI=1S/C13H5Cl6NO2/c1-22-13(21)6-4(2-20-3-5(6)14)7-8(15)10(17)12(19)11(18)9(7)16/h2-3H,1H3. The summed E-state index contributed by atoms with van der Waals surface area (Å²) in [6.07, 6.45) is 2.64. The van der Waals surface area contributed by atoms with Crippen molar-refractivity contribution in [3.05, 3.63) is 48.1 Å². The summed E-state index contributed by atoms with van der Waals surface area (Å²) in [6.45, 7) is 0. The molecule has 0 amide bonds. The van der Waals surface area contributed by atoms with Crippen LogP contribution in [0, 0.1) is 0 Å². The van der Waals surface area contributed by atoms with E-state index in [1.165, 1.54) is 19.5 Å². The lowest BCUT2D eigenvalue weighted by molar-refractivity contribution is 0.0601. The first kappa shape index (κ1) is 17.9. The number of pyridine rings is 1. The Morgan fingerprint density at radius 1 is 0.909 bits per heavy atom. The van der Waals surface area contributed by atoms with Crippen LogP contribution in [0.3, 0.4) is 0 Å². The maximum absolute atomic E-state index is 12.0. The summed E-state index contributed by atoms with van der Waals surface area (Å²) in [5, 5.41) is 0.132. The fraction of sp³-hybridized carbons (Fsp3) is 0.0769. The molecule has 0 N–H and O–H groups in total. The van der Waals surface area contributed by atoms with Crippen LogP contribution in [0.5, 0.6) is 0 Å². The molecule has 0 bridgehead atoms. The number of benzene rings is 1. The Hall–Kier alpha value is -0.420. The Kier molecular flexibility index (Phi) is 5.70. The van der Waals surface area contributed by atoms with Gasteiger partial charge in [0.25, 0.3) is 0 Å². The summed E-state index contributed by atoms with van der Waals surface area (Å²) in [4.78, 5) is 15.9. The normalized spacial score (nSPS) is 10.7. The fourth-order valence-electron chi connectivity index (χ4n) is 1.78. The third-order valence-corrected chi connectivity index (χ3v) is 5.33. The maximum atomic E-state index is 12.0. The van der Waals surface area contributed by atoms with Gasteiger partial charge in [0.15, 0.2) is 0 Å². The Balaban J connectivity index is 2.90. The van der Waals surface area contributed by atoms with Crippen molar-refractivity contribution < 1.29 is 9.53 Å². The Labute approximate surface area is 156 Å². The number of carbonyl (C=O) groups is 1. The van der Waals surface area contributed by atoms with E-state index in [2.05, 4.69) is 4.98 Å². The number of methoxy groups -OCH3 is 1. The number of rotatable bonds is 2. The van der Waals surface area contributed by atoms with Crippen LogP contribution < -0.4 is 0 Å². The first-order valence-corrected chi connectivity index (χ1v) is 7.81. The van der Waals surface area contributed by atoms with Gasteiger partial charge in [-0.05, 0) is 0 Å². The first-order valence-electron chi connectivity index (χ1n) is 5.54. The second-order valence-corrected chi connectivity index (χ2v) is 6.28. The van der Waals surface area contributed by atoms with Gasteiger partial charge in [-0.2, -0.15) is 0 Å². The van der Waals surface area contributed by atoms with Crippen LogP contribution in [0.15, 0.2) is 12.4 Å². The highest BCUT2D eigenvalue weighted by Crippen LogP contribution is 2.49. The number of hydrogen-bond acceptors (Lipinski definition) is 3. The molecule has 1 heterocycles. The van der Waals surface area contributed by atoms with Gasteiger partial charge in [0.2, 0.25) is 0 Å². The third-order valence-electron chi connectivity index (χ3n) is 2.77. The molecule has 2 aromatic rings. The molecule has 0 atom stereocenters. The van der Waals surface area contributed by atoms with Crippen molar-refractivity contribution in [2.75, 3.05) is 7.11 Å². The summed E-state index contributed by atoms with van der Waals surface area (Å²) >= 11 is 36.4. The molecule has 0 saturated carbocycles. The quantitative estimate of drug-likeness (QED) is 0.318. The van der Waals surface area contributed by atoms with E-state index < -0.39 is 5.97 Å². The van der Waals surface area contributed by atoms with Crippen LogP contribution >= 0.6 is 69.6 Å². The van der Waals surface area contributed by atoms with Gasteiger partial charge in [-0.25, -0.2) is 4.79 Å². The highest BCUT2D eigenvalue weighted by molar-refractivity contribution is 6.56. The maximum Gasteiger partial charge on any atom is 0.340 e. The van der Waals surface area contributed by atoms with Crippen molar-refractivity contribution >= 4 is 75.6 Å². The smallest absolute Gasteiger partial charge is 0.340 e. The van der Waals surface area contributed by atoms with Crippen molar-refractivity contribution in [1.29, 1.82) is 0 Å². The molecule has 0 spiro atoms. The molecule has 0 saturated heterocycles. The number of esters is 1. The van der Waals surface area contributed by atoms with Crippen LogP contribution in [0.1, 0.15) is 10.4 Å². The Bertz CT molecular complexity index is 749. The van der Waals surface area contributed by atoms with Crippen molar-refractivity contribution in [2.24, 2.45) is 0 Å². The summed E-state index contributed by atoms with van der Waals surface area (Å²) in [6, 6.07) is 0. The SMILES string of the molecule is COC(=O)c1c(Cl)cncc1-c1c(Cl)c(Cl)c(Cl)c(Cl)c1Cl. The number of aromatic nitrogens is 1. The zero-order valence-electron chi connectivity index (χ0n) is 10.7. The average Bonchev–Trinajstić information content (AvgIpc) is 2.50. The summed E-state index contributed by atoms with van der Waals surface area (Å²) in [5.41, 5.74) is 0.463. The molecule has 0 radical (unpaired) electrons. The minimum Gasteiger partial charge on any atom is -0.465 e. The van der Waals surface area contributed by atoms with Crippen molar-refractivity contribution in [3.63, 3.8) is 0 Å². The van der Waals surface area contributed by atoms with E-state index in [9.17, 15) is 4.79 Å². The van der Waals surface area contributed by atoms with E-state index >= 15 is 0 Å². The van der Waals surface area contributed by atoms with E-state index in [4.69, 9.17) is 74.3 Å². The minimum absolute atomic E-state index is 0.00326. The minimum atomic E-state index is -0.684. The van der Waals surface area contributed by atoms with Crippen LogP contribution in [0.25, 0.3) is 11.1 Å². The second-order valence-electron chi connectivity index (χ2n) is 3.98. The summed E-state index contributed by atoms with van der Waals surface area (Å²) in [5.74, 6) is -0.684. The zero-order chi connectivity index (χ0) is 16.6. The molecule has 0 aliphatic rings. The molecule has 1 aromatic carbocycles. The van der Waals surface area contributed by atoms with E-state index in [0.717, 1.165) is 0 Å². The van der Waals surface area contributed by atoms with Gasteiger partial charge in [-0.1, -0.05) is 69.6 Å². The second kappa shape index (κ2) is 7.00. The number of hydrogen-bond donors (Lipinski definition) is 0. The molecule has 2 rings (SSSR count). The van der Waals surface area contributed by atoms with E-state index in [0.29, 0.717) is 0 Å². The fourth-order valence-corrected chi connectivity index (χ4v) is 3.35. The molecule has 116 valence electrons. The molecule has 0 fully saturated rings. The highest BCUT2D eigenvalue weighted by Gasteiger charge is 2.26. The largest absolute Gasteiger partial charge is 0.465 e. The van der Waals surface area contributed by atoms with Crippen LogP contribution in [0.4, 0.5) is 0 Å². The summed E-state index contributed by atoms with van der Waals surface area (Å²) < 4.78 is 4.71. The summed E-state index contributed by atoms with van der Waals surface area (Å²) in [7, 11) is 1.22. The van der Waals surface area contributed by atoms with Crippen LogP contribution in [-0.2, 0) is 4.74 Å².